The van der Waals surface area contributed by atoms with E-state index in [1.165, 1.54) is 88.5 Å². The average molecular weight is 1910 g/mol. The van der Waals surface area contributed by atoms with Crippen molar-refractivity contribution in [2.24, 2.45) is 0 Å². The summed E-state index contributed by atoms with van der Waals surface area (Å²) in [6.07, 6.45) is 1.88. The van der Waals surface area contributed by atoms with E-state index in [4.69, 9.17) is 5.48 Å². The maximum atomic E-state index is 15.3. The molecular formula is C108H70Br4F2N4S4. The summed E-state index contributed by atoms with van der Waals surface area (Å²) in [5.41, 5.74) is 13.8. The Hall–Kier alpha value is -12.2. The van der Waals surface area contributed by atoms with Crippen LogP contribution in [0.1, 0.15) is 11.0 Å². The summed E-state index contributed by atoms with van der Waals surface area (Å²) in [4.78, 5) is 8.18. The Morgan fingerprint density at radius 3 is 1.00 bits per heavy atom. The summed E-state index contributed by atoms with van der Waals surface area (Å²) in [6.45, 7) is 3.90. The predicted octanol–water partition coefficient (Wildman–Crippen LogP) is 36.9. The minimum atomic E-state index is -0.987. The van der Waals surface area contributed by atoms with Crippen molar-refractivity contribution < 1.29 is 14.3 Å². The van der Waals surface area contributed by atoms with Gasteiger partial charge in [-0.25, -0.2) is 8.78 Å². The van der Waals surface area contributed by atoms with Crippen molar-refractivity contribution in [3.63, 3.8) is 0 Å². The second kappa shape index (κ2) is 35.5. The zero-order valence-electron chi connectivity index (χ0n) is 68.8. The molecule has 0 radical (unpaired) electrons. The van der Waals surface area contributed by atoms with Crippen molar-refractivity contribution in [3.05, 3.63) is 448 Å². The quantitative estimate of drug-likeness (QED) is 0.108. The molecule has 0 saturated heterocycles. The lowest BCUT2D eigenvalue weighted by atomic mass is 10.0. The largest absolute Gasteiger partial charge is 0.310 e. The third-order valence-corrected chi connectivity index (χ3v) is 27.8. The van der Waals surface area contributed by atoms with Crippen LogP contribution in [-0.4, -0.2) is 0 Å². The van der Waals surface area contributed by atoms with E-state index in [1.54, 1.807) is 45.8 Å². The number of benzene rings is 18. The molecule has 0 aliphatic carbocycles. The van der Waals surface area contributed by atoms with Crippen LogP contribution in [0.15, 0.2) is 431 Å². The Kier molecular flexibility index (Phi) is 21.8. The molecule has 0 aliphatic rings. The number of anilines is 12. The molecule has 0 unspecified atom stereocenters. The number of para-hydroxylation sites is 5. The van der Waals surface area contributed by atoms with Gasteiger partial charge in [-0.3, -0.25) is 0 Å². The molecule has 0 saturated carbocycles. The Morgan fingerprint density at radius 1 is 0.246 bits per heavy atom. The first kappa shape index (κ1) is 74.8. The average Bonchev–Trinajstić information content (AvgIpc) is 1.10. The van der Waals surface area contributed by atoms with Gasteiger partial charge in [0.2, 0.25) is 0 Å². The van der Waals surface area contributed by atoms with Crippen LogP contribution in [-0.2, 0) is 0 Å². The molecule has 14 heteroatoms. The zero-order chi connectivity index (χ0) is 86.2. The Morgan fingerprint density at radius 2 is 0.566 bits per heavy atom. The van der Waals surface area contributed by atoms with Gasteiger partial charge in [-0.15, -0.1) is 45.3 Å². The van der Waals surface area contributed by atoms with Crippen LogP contribution >= 0.6 is 109 Å². The Balaban J connectivity index is 0.000000110. The minimum absolute atomic E-state index is 0.205. The fourth-order valence-electron chi connectivity index (χ4n) is 15.6. The number of nitrogens with zero attached hydrogens (tertiary/aromatic N) is 4. The van der Waals surface area contributed by atoms with E-state index in [9.17, 15) is 4.39 Å². The second-order valence-corrected chi connectivity index (χ2v) is 36.9. The van der Waals surface area contributed by atoms with Crippen LogP contribution in [0.4, 0.5) is 77.0 Å². The number of hydrogen-bond acceptors (Lipinski definition) is 8. The predicted molar refractivity (Wildman–Crippen MR) is 540 cm³/mol. The molecule has 0 aliphatic heterocycles. The summed E-state index contributed by atoms with van der Waals surface area (Å²) >= 11 is 21.4. The molecule has 122 heavy (non-hydrogen) atoms. The monoisotopic (exact) mass is 1910 g/mol. The van der Waals surface area contributed by atoms with E-state index in [0.717, 1.165) is 89.1 Å². The Labute approximate surface area is 760 Å². The van der Waals surface area contributed by atoms with E-state index in [1.807, 2.05) is 125 Å². The number of thiophene rings is 4. The molecular weight excluding hydrogens is 1840 g/mol. The molecule has 0 N–H and O–H groups in total. The second-order valence-electron chi connectivity index (χ2n) is 28.9. The lowest BCUT2D eigenvalue weighted by Gasteiger charge is -2.26. The first-order valence-corrected chi connectivity index (χ1v) is 45.7. The highest BCUT2D eigenvalue weighted by molar-refractivity contribution is 9.11. The molecule has 0 spiro atoms. The van der Waals surface area contributed by atoms with Gasteiger partial charge < -0.3 is 19.6 Å². The molecule has 4 nitrogen and oxygen atoms in total. The molecule has 22 rings (SSSR count). The van der Waals surface area contributed by atoms with Gasteiger partial charge in [0.1, 0.15) is 11.6 Å². The molecule has 4 heterocycles. The molecule has 0 amide bonds. The number of hydrogen-bond donors (Lipinski definition) is 0. The summed E-state index contributed by atoms with van der Waals surface area (Å²) in [5.74, 6) is -1.23. The standard InChI is InChI=1S/2C30H20BrNS.2C24H15BrFNS/c31-23-13-17-27-28-20-26(16-18-29(28)33-30(27)19-23)32(24-9-5-2-6-10-24)25-14-11-22(12-15-25)21-7-3-1-4-8-21;1-2-20-7-11-24(12-8-20)32(25-13-9-21-5-3-4-6-22(21)17-25)26-14-16-29-28(19-26)27-15-10-23(31)18-30(27)33-29;2*25-16-10-12-19-20-15-18(11-13-23(20)28-24(19)14-16)27(17-6-2-1-3-7-17)22-9-5-4-8-21(22)26/h1-20H;2-19H,1H2;2*1-15H/i;;4D,5D,8D,9D;. The summed E-state index contributed by atoms with van der Waals surface area (Å²) in [6, 6.07) is 128. The van der Waals surface area contributed by atoms with Gasteiger partial charge in [0.05, 0.1) is 16.9 Å². The highest BCUT2D eigenvalue weighted by atomic mass is 79.9. The molecule has 588 valence electrons. The molecule has 18 aromatic carbocycles. The van der Waals surface area contributed by atoms with Crippen LogP contribution < -0.4 is 19.6 Å². The van der Waals surface area contributed by atoms with Crippen LogP contribution in [0.3, 0.4) is 0 Å². The van der Waals surface area contributed by atoms with Gasteiger partial charge in [-0.2, -0.15) is 0 Å². The fraction of sp³-hybridized carbons (Fsp3) is 0. The van der Waals surface area contributed by atoms with Crippen LogP contribution in [0, 0.1) is 11.6 Å². The molecule has 0 fully saturated rings. The topological polar surface area (TPSA) is 13.0 Å². The van der Waals surface area contributed by atoms with E-state index >= 15 is 4.39 Å². The minimum Gasteiger partial charge on any atom is -0.310 e. The van der Waals surface area contributed by atoms with Crippen molar-refractivity contribution in [3.8, 4) is 11.1 Å². The van der Waals surface area contributed by atoms with Gasteiger partial charge in [-0.05, 0) is 246 Å². The third kappa shape index (κ3) is 16.7. The van der Waals surface area contributed by atoms with E-state index in [2.05, 4.69) is 347 Å². The van der Waals surface area contributed by atoms with Gasteiger partial charge >= 0.3 is 0 Å². The summed E-state index contributed by atoms with van der Waals surface area (Å²) in [7, 11) is 0. The number of fused-ring (bicyclic) bond motifs is 13. The maximum Gasteiger partial charge on any atom is 0.147 e. The highest BCUT2D eigenvalue weighted by Crippen LogP contribution is 2.48. The molecule has 22 aromatic rings. The van der Waals surface area contributed by atoms with E-state index in [0.29, 0.717) is 17.1 Å². The van der Waals surface area contributed by atoms with E-state index < -0.39 is 30.0 Å². The van der Waals surface area contributed by atoms with Crippen molar-refractivity contribution >= 4 is 275 Å². The van der Waals surface area contributed by atoms with E-state index in [-0.39, 0.29) is 11.5 Å². The van der Waals surface area contributed by atoms with Gasteiger partial charge in [0.25, 0.3) is 0 Å². The summed E-state index contributed by atoms with van der Waals surface area (Å²) in [5, 5.41) is 12.1. The maximum absolute atomic E-state index is 15.3. The number of halogens is 6. The van der Waals surface area contributed by atoms with Crippen molar-refractivity contribution in [1.82, 2.24) is 0 Å². The van der Waals surface area contributed by atoms with Crippen molar-refractivity contribution in [2.75, 3.05) is 19.6 Å². The number of rotatable bonds is 14. The van der Waals surface area contributed by atoms with Gasteiger partial charge in [0.15, 0.2) is 0 Å². The molecule has 0 atom stereocenters. The van der Waals surface area contributed by atoms with Gasteiger partial charge in [-0.1, -0.05) is 264 Å². The molecule has 4 aromatic heterocycles. The van der Waals surface area contributed by atoms with Gasteiger partial charge in [0, 0.05) is 155 Å². The van der Waals surface area contributed by atoms with Crippen molar-refractivity contribution in [2.45, 2.75) is 0 Å². The first-order valence-electron chi connectivity index (χ1n) is 41.2. The first-order chi connectivity index (χ1) is 61.5. The Bertz CT molecular complexity index is 7830. The van der Waals surface area contributed by atoms with Crippen molar-refractivity contribution in [1.29, 1.82) is 0 Å². The SMILES string of the molecule is Brc1ccc2c(c1)sc1ccc(N(c3ccccc3)c3ccc(-c4ccccc4)cc3)cc12.C=Cc1ccc(N(c2ccc3ccccc3c2)c2ccc3sc4cc(Br)ccc4c3c2)cc1.Fc1ccccc1N(c1ccccc1)c1ccc2sc3cc(Br)ccc3c2c1.[2H]c1c([2H])c([2H])c(N(c2ccccc2)c2ccc3sc4cc(Br)ccc4c3c2)c(F)c1[2H]. The van der Waals surface area contributed by atoms with Crippen LogP contribution in [0.2, 0.25) is 0 Å². The molecule has 0 bridgehead atoms. The normalized spacial score (nSPS) is 11.7. The van der Waals surface area contributed by atoms with Crippen LogP contribution in [0.25, 0.3) is 109 Å². The lowest BCUT2D eigenvalue weighted by Crippen LogP contribution is -2.11. The van der Waals surface area contributed by atoms with Crippen LogP contribution in [0.5, 0.6) is 0 Å². The third-order valence-electron chi connectivity index (χ3n) is 21.3. The zero-order valence-corrected chi connectivity index (χ0v) is 74.5. The smallest absolute Gasteiger partial charge is 0.147 e. The fourth-order valence-corrected chi connectivity index (χ4v) is 22.1. The summed E-state index contributed by atoms with van der Waals surface area (Å²) < 4.78 is 76.5. The lowest BCUT2D eigenvalue weighted by molar-refractivity contribution is 0.628. The highest BCUT2D eigenvalue weighted by Gasteiger charge is 2.23.